The lowest BCUT2D eigenvalue weighted by molar-refractivity contribution is -0.385. The Morgan fingerprint density at radius 2 is 2.16 bits per heavy atom. The Labute approximate surface area is 190 Å². The molecule has 1 N–H and O–H groups in total. The molecule has 0 unspecified atom stereocenters. The third kappa shape index (κ3) is 5.17. The molecule has 0 spiro atoms. The third-order valence-corrected chi connectivity index (χ3v) is 5.00. The van der Waals surface area contributed by atoms with Crippen molar-refractivity contribution in [2.75, 3.05) is 6.61 Å². The lowest BCUT2D eigenvalue weighted by Crippen LogP contribution is -2.22. The maximum Gasteiger partial charge on any atom is 0.341 e. The van der Waals surface area contributed by atoms with Crippen LogP contribution in [0.5, 0.6) is 5.75 Å². The second-order valence-corrected chi connectivity index (χ2v) is 7.71. The fourth-order valence-corrected chi connectivity index (χ4v) is 3.37. The quantitative estimate of drug-likeness (QED) is 0.267. The molecule has 3 rings (SSSR count). The van der Waals surface area contributed by atoms with Gasteiger partial charge in [-0.2, -0.15) is 9.78 Å². The number of aliphatic carboxylic acids is 1. The summed E-state index contributed by atoms with van der Waals surface area (Å²) in [6.45, 7) is 1.25. The molecule has 0 fully saturated rings. The normalized spacial score (nSPS) is 11.2. The predicted molar refractivity (Wildman–Crippen MR) is 122 cm³/mol. The van der Waals surface area contributed by atoms with E-state index in [0.717, 1.165) is 17.5 Å². The molecule has 3 aromatic rings. The van der Waals surface area contributed by atoms with Gasteiger partial charge in [-0.3, -0.25) is 14.9 Å². The van der Waals surface area contributed by atoms with Crippen molar-refractivity contribution in [3.63, 3.8) is 0 Å². The summed E-state index contributed by atoms with van der Waals surface area (Å²) < 4.78 is 7.02. The van der Waals surface area contributed by atoms with E-state index in [2.05, 4.69) is 26.0 Å². The summed E-state index contributed by atoms with van der Waals surface area (Å²) in [5.74, 6) is -1.09. The number of halogens is 1. The van der Waals surface area contributed by atoms with Gasteiger partial charge in [0.05, 0.1) is 22.0 Å². The number of carboxylic acid groups (broad SMARTS) is 1. The van der Waals surface area contributed by atoms with Gasteiger partial charge in [0.1, 0.15) is 5.82 Å². The minimum Gasteiger partial charge on any atom is -0.479 e. The molecule has 32 heavy (non-hydrogen) atoms. The van der Waals surface area contributed by atoms with Crippen LogP contribution >= 0.6 is 15.9 Å². The van der Waals surface area contributed by atoms with Crippen LogP contribution in [0.1, 0.15) is 31.2 Å². The van der Waals surface area contributed by atoms with E-state index in [-0.39, 0.29) is 11.3 Å². The number of nitro benzene ring substituents is 1. The Hall–Kier alpha value is -3.60. The zero-order valence-electron chi connectivity index (χ0n) is 17.0. The highest BCUT2D eigenvalue weighted by molar-refractivity contribution is 9.10. The van der Waals surface area contributed by atoms with Crippen LogP contribution in [0.3, 0.4) is 0 Å². The molecule has 10 nitrogen and oxygen atoms in total. The number of carboxylic acids is 1. The fraction of sp³-hybridized carbons (Fsp3) is 0.238. The molecule has 0 aliphatic heterocycles. The number of nitrogens with zero attached hydrogens (tertiary/aromatic N) is 4. The van der Waals surface area contributed by atoms with Crippen molar-refractivity contribution in [1.82, 2.24) is 9.66 Å². The van der Waals surface area contributed by atoms with Crippen molar-refractivity contribution < 1.29 is 19.6 Å². The molecular formula is C21H19BrN4O6. The Balaban J connectivity index is 2.14. The summed E-state index contributed by atoms with van der Waals surface area (Å²) in [5.41, 5.74) is -0.105. The van der Waals surface area contributed by atoms with Crippen LogP contribution in [0, 0.1) is 10.1 Å². The Bertz CT molecular complexity index is 1270. The Morgan fingerprint density at radius 3 is 2.84 bits per heavy atom. The van der Waals surface area contributed by atoms with E-state index in [1.165, 1.54) is 24.4 Å². The van der Waals surface area contributed by atoms with Gasteiger partial charge >= 0.3 is 11.7 Å². The number of aryl methyl sites for hydroxylation is 1. The summed E-state index contributed by atoms with van der Waals surface area (Å²) in [7, 11) is 0. The molecular weight excluding hydrogens is 484 g/mol. The van der Waals surface area contributed by atoms with Gasteiger partial charge in [0.2, 0.25) is 5.75 Å². The van der Waals surface area contributed by atoms with Crippen LogP contribution in [-0.4, -0.2) is 38.5 Å². The van der Waals surface area contributed by atoms with Crippen LogP contribution in [0.2, 0.25) is 0 Å². The van der Waals surface area contributed by atoms with Crippen molar-refractivity contribution in [2.24, 2.45) is 5.10 Å². The number of fused-ring (bicyclic) bond motifs is 1. The number of ether oxygens (including phenoxy) is 1. The van der Waals surface area contributed by atoms with Crippen molar-refractivity contribution >= 4 is 44.7 Å². The van der Waals surface area contributed by atoms with Crippen molar-refractivity contribution in [2.45, 2.75) is 26.2 Å². The maximum atomic E-state index is 13.1. The van der Waals surface area contributed by atoms with E-state index >= 15 is 0 Å². The minimum atomic E-state index is -1.28. The number of benzene rings is 2. The summed E-state index contributed by atoms with van der Waals surface area (Å²) in [4.78, 5) is 39.3. The first-order chi connectivity index (χ1) is 15.3. The van der Waals surface area contributed by atoms with Crippen LogP contribution in [0.25, 0.3) is 10.9 Å². The van der Waals surface area contributed by atoms with Gasteiger partial charge in [-0.15, -0.1) is 0 Å². The fourth-order valence-electron chi connectivity index (χ4n) is 3.01. The first-order valence-electron chi connectivity index (χ1n) is 9.69. The van der Waals surface area contributed by atoms with E-state index in [1.54, 1.807) is 18.2 Å². The number of hydrogen-bond acceptors (Lipinski definition) is 7. The zero-order valence-corrected chi connectivity index (χ0v) is 18.6. The molecule has 0 aliphatic carbocycles. The number of aromatic nitrogens is 2. The topological polar surface area (TPSA) is 137 Å². The number of nitro groups is 1. The van der Waals surface area contributed by atoms with Gasteiger partial charge in [0, 0.05) is 22.5 Å². The molecule has 2 aromatic carbocycles. The molecule has 0 aliphatic rings. The molecule has 11 heteroatoms. The first-order valence-corrected chi connectivity index (χ1v) is 10.5. The zero-order chi connectivity index (χ0) is 23.3. The van der Waals surface area contributed by atoms with Crippen LogP contribution in [0.4, 0.5) is 5.69 Å². The Kier molecular flexibility index (Phi) is 7.31. The van der Waals surface area contributed by atoms with Gasteiger partial charge in [-0.25, -0.2) is 9.78 Å². The number of para-hydroxylation sites is 1. The van der Waals surface area contributed by atoms with Gasteiger partial charge in [-0.1, -0.05) is 35.3 Å². The molecule has 0 radical (unpaired) electrons. The standard InChI is InChI=1S/C21H19BrN4O6/c1-2-3-7-18-24-16-9-8-14(22)10-15(16)21(29)25(18)23-11-13-5-4-6-17(26(30)31)20(13)32-12-19(27)28/h4-6,8-11H,2-3,7,12H2,1H3,(H,27,28). The van der Waals surface area contributed by atoms with E-state index in [1.807, 2.05) is 6.92 Å². The maximum absolute atomic E-state index is 13.1. The molecule has 0 bridgehead atoms. The molecule has 1 aromatic heterocycles. The molecule has 0 saturated heterocycles. The van der Waals surface area contributed by atoms with Crippen LogP contribution < -0.4 is 10.3 Å². The van der Waals surface area contributed by atoms with E-state index in [4.69, 9.17) is 9.84 Å². The molecule has 0 amide bonds. The van der Waals surface area contributed by atoms with E-state index in [9.17, 15) is 19.7 Å². The van der Waals surface area contributed by atoms with Crippen molar-refractivity contribution in [1.29, 1.82) is 0 Å². The predicted octanol–water partition coefficient (Wildman–Crippen LogP) is 3.76. The average Bonchev–Trinajstić information content (AvgIpc) is 2.76. The van der Waals surface area contributed by atoms with Gasteiger partial charge in [0.25, 0.3) is 5.56 Å². The molecule has 0 saturated carbocycles. The number of unbranched alkanes of at least 4 members (excludes halogenated alkanes) is 1. The third-order valence-electron chi connectivity index (χ3n) is 4.50. The number of hydrogen-bond donors (Lipinski definition) is 1. The monoisotopic (exact) mass is 502 g/mol. The second-order valence-electron chi connectivity index (χ2n) is 6.79. The van der Waals surface area contributed by atoms with Gasteiger partial charge in [0.15, 0.2) is 6.61 Å². The Morgan fingerprint density at radius 1 is 1.38 bits per heavy atom. The van der Waals surface area contributed by atoms with Gasteiger partial charge in [-0.05, 0) is 30.7 Å². The van der Waals surface area contributed by atoms with Gasteiger partial charge < -0.3 is 9.84 Å². The summed E-state index contributed by atoms with van der Waals surface area (Å²) in [6, 6.07) is 9.28. The van der Waals surface area contributed by atoms with Crippen LogP contribution in [0.15, 0.2) is 50.8 Å². The lowest BCUT2D eigenvalue weighted by Gasteiger charge is -2.10. The average molecular weight is 503 g/mol. The van der Waals surface area contributed by atoms with E-state index < -0.39 is 28.7 Å². The largest absolute Gasteiger partial charge is 0.479 e. The summed E-state index contributed by atoms with van der Waals surface area (Å²) in [5, 5.41) is 24.9. The smallest absolute Gasteiger partial charge is 0.341 e. The van der Waals surface area contributed by atoms with Crippen LogP contribution in [-0.2, 0) is 11.2 Å². The highest BCUT2D eigenvalue weighted by atomic mass is 79.9. The first kappa shape index (κ1) is 23.1. The second kappa shape index (κ2) is 10.1. The SMILES string of the molecule is CCCCc1nc2ccc(Br)cc2c(=O)n1N=Cc1cccc([N+](=O)[O-])c1OCC(=O)O. The number of carbonyl (C=O) groups is 1. The number of rotatable bonds is 9. The summed E-state index contributed by atoms with van der Waals surface area (Å²) in [6.07, 6.45) is 3.41. The molecule has 1 heterocycles. The highest BCUT2D eigenvalue weighted by Gasteiger charge is 2.20. The lowest BCUT2D eigenvalue weighted by atomic mass is 10.2. The van der Waals surface area contributed by atoms with Crippen molar-refractivity contribution in [3.8, 4) is 5.75 Å². The molecule has 166 valence electrons. The summed E-state index contributed by atoms with van der Waals surface area (Å²) >= 11 is 3.34. The van der Waals surface area contributed by atoms with E-state index in [0.29, 0.717) is 27.6 Å². The molecule has 0 atom stereocenters. The van der Waals surface area contributed by atoms with Crippen molar-refractivity contribution in [3.05, 3.63) is 72.7 Å². The highest BCUT2D eigenvalue weighted by Crippen LogP contribution is 2.30. The minimum absolute atomic E-state index is 0.156.